The number of hydrogen-bond acceptors (Lipinski definition) is 1. The number of carboxylic acids is 1. The summed E-state index contributed by atoms with van der Waals surface area (Å²) in [6.07, 6.45) is 6.04. The average Bonchev–Trinajstić information content (AvgIpc) is 2.64. The number of hydrogen-bond donors (Lipinski definition) is 1. The highest BCUT2D eigenvalue weighted by Gasteiger charge is 2.69. The highest BCUT2D eigenvalue weighted by molar-refractivity contribution is 5.88. The van der Waals surface area contributed by atoms with E-state index >= 15 is 0 Å². The molecule has 2 saturated carbocycles. The highest BCUT2D eigenvalue weighted by Crippen LogP contribution is 2.70. The van der Waals surface area contributed by atoms with Crippen LogP contribution in [0.2, 0.25) is 0 Å². The Labute approximate surface area is 104 Å². The zero-order valence-corrected chi connectivity index (χ0v) is 11.1. The molecule has 0 heterocycles. The summed E-state index contributed by atoms with van der Waals surface area (Å²) in [5.41, 5.74) is 1.96. The van der Waals surface area contributed by atoms with Gasteiger partial charge >= 0.3 is 5.97 Å². The Bertz CT molecular complexity index is 336. The van der Waals surface area contributed by atoms with Gasteiger partial charge in [-0.05, 0) is 38.2 Å². The summed E-state index contributed by atoms with van der Waals surface area (Å²) >= 11 is 0. The minimum Gasteiger partial charge on any atom is -0.481 e. The Morgan fingerprint density at radius 3 is 2.00 bits per heavy atom. The van der Waals surface area contributed by atoms with Crippen molar-refractivity contribution in [1.29, 1.82) is 0 Å². The van der Waals surface area contributed by atoms with Crippen LogP contribution in [0.25, 0.3) is 0 Å². The topological polar surface area (TPSA) is 37.3 Å². The van der Waals surface area contributed by atoms with E-state index in [4.69, 9.17) is 0 Å². The second kappa shape index (κ2) is 4.06. The second-order valence-electron chi connectivity index (χ2n) is 5.59. The third kappa shape index (κ3) is 1.58. The molecule has 1 N–H and O–H groups in total. The molecule has 0 aromatic heterocycles. The molecule has 16 heavy (non-hydrogen) atoms. The molecule has 0 aromatic rings. The van der Waals surface area contributed by atoms with E-state index in [0.717, 1.165) is 12.8 Å². The number of allylic oxidation sites excluding steroid dienone is 1. The van der Waals surface area contributed by atoms with Gasteiger partial charge in [0.25, 0.3) is 0 Å². The van der Waals surface area contributed by atoms with Crippen LogP contribution in [-0.2, 0) is 4.79 Å². The second-order valence-corrected chi connectivity index (χ2v) is 5.59. The van der Waals surface area contributed by atoms with E-state index in [-0.39, 0.29) is 17.8 Å². The quantitative estimate of drug-likeness (QED) is 0.713. The Morgan fingerprint density at radius 1 is 1.12 bits per heavy atom. The first-order valence-corrected chi connectivity index (χ1v) is 5.88. The zero-order chi connectivity index (χ0) is 11.3. The van der Waals surface area contributed by atoms with Gasteiger partial charge in [-0.15, -0.1) is 12.4 Å². The minimum absolute atomic E-state index is 0. The van der Waals surface area contributed by atoms with E-state index in [1.807, 2.05) is 6.92 Å². The average molecular weight is 245 g/mol. The van der Waals surface area contributed by atoms with Gasteiger partial charge in [0.05, 0.1) is 5.41 Å². The van der Waals surface area contributed by atoms with Crippen molar-refractivity contribution in [2.24, 2.45) is 10.8 Å². The van der Waals surface area contributed by atoms with Crippen molar-refractivity contribution in [1.82, 2.24) is 0 Å². The lowest BCUT2D eigenvalue weighted by atomic mass is 9.92. The van der Waals surface area contributed by atoms with Crippen LogP contribution in [0.3, 0.4) is 0 Å². The van der Waals surface area contributed by atoms with Gasteiger partial charge in [0.1, 0.15) is 0 Å². The maximum absolute atomic E-state index is 11.3. The summed E-state index contributed by atoms with van der Waals surface area (Å²) in [4.78, 5) is 11.3. The lowest BCUT2D eigenvalue weighted by molar-refractivity contribution is -0.143. The van der Waals surface area contributed by atoms with E-state index < -0.39 is 11.4 Å². The van der Waals surface area contributed by atoms with Gasteiger partial charge in [-0.25, -0.2) is 0 Å². The van der Waals surface area contributed by atoms with Crippen LogP contribution < -0.4 is 0 Å². The first kappa shape index (κ1) is 13.6. The van der Waals surface area contributed by atoms with Crippen LogP contribution >= 0.6 is 12.4 Å². The largest absolute Gasteiger partial charge is 0.481 e. The Kier molecular flexibility index (Phi) is 3.45. The molecule has 0 aromatic carbocycles. The monoisotopic (exact) mass is 244 g/mol. The molecule has 3 heteroatoms. The molecule has 0 amide bonds. The predicted octanol–water partition coefficient (Wildman–Crippen LogP) is 3.80. The molecule has 0 spiro atoms. The minimum atomic E-state index is -0.652. The van der Waals surface area contributed by atoms with Crippen LogP contribution in [0.5, 0.6) is 0 Å². The van der Waals surface area contributed by atoms with Crippen LogP contribution in [0, 0.1) is 10.8 Å². The summed E-state index contributed by atoms with van der Waals surface area (Å²) in [7, 11) is 0. The van der Waals surface area contributed by atoms with Crippen LogP contribution in [0.1, 0.15) is 52.9 Å². The normalized spacial score (nSPS) is 31.9. The van der Waals surface area contributed by atoms with Gasteiger partial charge in [0.15, 0.2) is 0 Å². The zero-order valence-electron chi connectivity index (χ0n) is 10.3. The van der Waals surface area contributed by atoms with Crippen molar-refractivity contribution in [3.05, 3.63) is 11.1 Å². The van der Waals surface area contributed by atoms with Gasteiger partial charge in [0, 0.05) is 5.41 Å². The Morgan fingerprint density at radius 2 is 1.62 bits per heavy atom. The third-order valence-corrected chi connectivity index (χ3v) is 4.55. The molecule has 2 rings (SSSR count). The standard InChI is InChI=1S/C13H20O2.ClH/c1-12(2)10(13(12,3)11(14)15)9-7-5-4-6-8-9;/h4-8H2,1-3H3,(H,14,15);1H. The molecule has 2 aliphatic rings. The molecule has 92 valence electrons. The predicted molar refractivity (Wildman–Crippen MR) is 66.9 cm³/mol. The summed E-state index contributed by atoms with van der Waals surface area (Å²) in [5, 5.41) is 9.32. The van der Waals surface area contributed by atoms with Crippen molar-refractivity contribution in [3.8, 4) is 0 Å². The van der Waals surface area contributed by atoms with E-state index in [2.05, 4.69) is 13.8 Å². The maximum Gasteiger partial charge on any atom is 0.314 e. The molecule has 1 atom stereocenters. The van der Waals surface area contributed by atoms with E-state index in [9.17, 15) is 9.90 Å². The van der Waals surface area contributed by atoms with Crippen LogP contribution in [0.4, 0.5) is 0 Å². The Balaban J connectivity index is 0.00000128. The molecular weight excluding hydrogens is 224 g/mol. The first-order valence-electron chi connectivity index (χ1n) is 5.88. The van der Waals surface area contributed by atoms with Crippen molar-refractivity contribution in [2.45, 2.75) is 52.9 Å². The third-order valence-electron chi connectivity index (χ3n) is 4.55. The fourth-order valence-electron chi connectivity index (χ4n) is 3.24. The van der Waals surface area contributed by atoms with Crippen LogP contribution in [0.15, 0.2) is 11.1 Å². The number of aliphatic carboxylic acids is 1. The van der Waals surface area contributed by atoms with E-state index in [1.54, 1.807) is 0 Å². The van der Waals surface area contributed by atoms with Gasteiger partial charge in [-0.2, -0.15) is 0 Å². The number of carboxylic acid groups (broad SMARTS) is 1. The summed E-state index contributed by atoms with van der Waals surface area (Å²) < 4.78 is 0. The fourth-order valence-corrected chi connectivity index (χ4v) is 3.24. The molecule has 0 radical (unpaired) electrons. The number of rotatable bonds is 1. The van der Waals surface area contributed by atoms with Gasteiger partial charge < -0.3 is 5.11 Å². The molecule has 0 bridgehead atoms. The van der Waals surface area contributed by atoms with Crippen molar-refractivity contribution < 1.29 is 9.90 Å². The molecular formula is C13H21ClO2. The molecule has 0 aliphatic heterocycles. The SMILES string of the molecule is CC1(C)C(=C2CCCCC2)C1(C)C(=O)O.Cl. The lowest BCUT2D eigenvalue weighted by Gasteiger charge is -2.14. The van der Waals surface area contributed by atoms with E-state index in [1.165, 1.54) is 30.4 Å². The summed E-state index contributed by atoms with van der Waals surface area (Å²) in [6.45, 7) is 6.02. The van der Waals surface area contributed by atoms with E-state index in [0.29, 0.717) is 0 Å². The lowest BCUT2D eigenvalue weighted by Crippen LogP contribution is -2.16. The van der Waals surface area contributed by atoms with Crippen molar-refractivity contribution >= 4 is 18.4 Å². The van der Waals surface area contributed by atoms with Gasteiger partial charge in [0.2, 0.25) is 0 Å². The molecule has 1 unspecified atom stereocenters. The Hall–Kier alpha value is -0.500. The maximum atomic E-state index is 11.3. The fraction of sp³-hybridized carbons (Fsp3) is 0.769. The number of halogens is 1. The van der Waals surface area contributed by atoms with Gasteiger partial charge in [-0.3, -0.25) is 4.79 Å². The first-order chi connectivity index (χ1) is 6.92. The summed E-state index contributed by atoms with van der Waals surface area (Å²) in [5.74, 6) is -0.652. The molecule has 2 aliphatic carbocycles. The van der Waals surface area contributed by atoms with Crippen LogP contribution in [-0.4, -0.2) is 11.1 Å². The smallest absolute Gasteiger partial charge is 0.314 e. The molecule has 0 saturated heterocycles. The molecule has 2 fully saturated rings. The van der Waals surface area contributed by atoms with Crippen molar-refractivity contribution in [3.63, 3.8) is 0 Å². The summed E-state index contributed by atoms with van der Waals surface area (Å²) in [6, 6.07) is 0. The van der Waals surface area contributed by atoms with Gasteiger partial charge in [-0.1, -0.05) is 25.8 Å². The number of carbonyl (C=O) groups is 1. The highest BCUT2D eigenvalue weighted by atomic mass is 35.5. The molecule has 2 nitrogen and oxygen atoms in total. The van der Waals surface area contributed by atoms with Crippen molar-refractivity contribution in [2.75, 3.05) is 0 Å².